The van der Waals surface area contributed by atoms with Crippen molar-refractivity contribution in [2.75, 3.05) is 18.5 Å². The van der Waals surface area contributed by atoms with Crippen LogP contribution in [-0.2, 0) is 9.53 Å². The molecule has 1 saturated heterocycles. The van der Waals surface area contributed by atoms with E-state index in [0.717, 1.165) is 30.0 Å². The summed E-state index contributed by atoms with van der Waals surface area (Å²) in [7, 11) is 0. The average molecular weight is 289 g/mol. The lowest BCUT2D eigenvalue weighted by Crippen LogP contribution is -2.30. The molecular formula is C14H15N3O2S. The molecule has 1 amide bonds. The molecule has 3 heterocycles. The third-order valence-electron chi connectivity index (χ3n) is 3.21. The minimum atomic E-state index is -0.0603. The van der Waals surface area contributed by atoms with Crippen molar-refractivity contribution in [1.82, 2.24) is 9.97 Å². The predicted octanol–water partition coefficient (Wildman–Crippen LogP) is 2.57. The van der Waals surface area contributed by atoms with Gasteiger partial charge in [0, 0.05) is 29.9 Å². The molecule has 2 aromatic rings. The fraction of sp³-hybridized carbons (Fsp3) is 0.357. The SMILES string of the molecule is O=C(Nc1csc(-c2ccncc2)n1)[C@H]1CCCOC1. The third-order valence-corrected chi connectivity index (χ3v) is 4.11. The Morgan fingerprint density at radius 1 is 1.40 bits per heavy atom. The van der Waals surface area contributed by atoms with Crippen LogP contribution in [0.4, 0.5) is 5.82 Å². The lowest BCUT2D eigenvalue weighted by Gasteiger charge is -2.20. The Morgan fingerprint density at radius 3 is 3.00 bits per heavy atom. The number of amides is 1. The standard InChI is InChI=1S/C14H15N3O2S/c18-13(11-2-1-7-19-8-11)16-12-9-20-14(17-12)10-3-5-15-6-4-10/h3-6,9,11H,1-2,7-8H2,(H,16,18)/t11-/m0/s1. The van der Waals surface area contributed by atoms with Crippen LogP contribution in [0.5, 0.6) is 0 Å². The zero-order chi connectivity index (χ0) is 13.8. The maximum absolute atomic E-state index is 12.1. The van der Waals surface area contributed by atoms with Gasteiger partial charge in [-0.3, -0.25) is 9.78 Å². The van der Waals surface area contributed by atoms with Crippen molar-refractivity contribution in [2.45, 2.75) is 12.8 Å². The molecule has 0 unspecified atom stereocenters. The fourth-order valence-electron chi connectivity index (χ4n) is 2.13. The zero-order valence-electron chi connectivity index (χ0n) is 10.9. The number of pyridine rings is 1. The highest BCUT2D eigenvalue weighted by Crippen LogP contribution is 2.25. The molecule has 0 radical (unpaired) electrons. The highest BCUT2D eigenvalue weighted by molar-refractivity contribution is 7.13. The number of thiazole rings is 1. The maximum atomic E-state index is 12.1. The molecule has 104 valence electrons. The van der Waals surface area contributed by atoms with Crippen LogP contribution in [0.25, 0.3) is 10.6 Å². The molecule has 1 aliphatic heterocycles. The molecular weight excluding hydrogens is 274 g/mol. The van der Waals surface area contributed by atoms with Gasteiger partial charge >= 0.3 is 0 Å². The Kier molecular flexibility index (Phi) is 4.03. The van der Waals surface area contributed by atoms with Crippen LogP contribution in [0, 0.1) is 5.92 Å². The topological polar surface area (TPSA) is 64.1 Å². The van der Waals surface area contributed by atoms with Gasteiger partial charge in [-0.2, -0.15) is 0 Å². The van der Waals surface area contributed by atoms with E-state index in [-0.39, 0.29) is 11.8 Å². The molecule has 0 saturated carbocycles. The monoisotopic (exact) mass is 289 g/mol. The summed E-state index contributed by atoms with van der Waals surface area (Å²) in [5.74, 6) is 0.545. The van der Waals surface area contributed by atoms with E-state index in [1.165, 1.54) is 11.3 Å². The Morgan fingerprint density at radius 2 is 2.25 bits per heavy atom. The van der Waals surface area contributed by atoms with E-state index in [1.54, 1.807) is 12.4 Å². The number of aromatic nitrogens is 2. The number of hydrogen-bond acceptors (Lipinski definition) is 5. The first-order chi connectivity index (χ1) is 9.83. The molecule has 2 aromatic heterocycles. The number of anilines is 1. The van der Waals surface area contributed by atoms with Gasteiger partial charge < -0.3 is 10.1 Å². The molecule has 1 atom stereocenters. The van der Waals surface area contributed by atoms with E-state index in [0.29, 0.717) is 12.4 Å². The summed E-state index contributed by atoms with van der Waals surface area (Å²) in [5, 5.41) is 5.60. The lowest BCUT2D eigenvalue weighted by molar-refractivity contribution is -0.123. The third kappa shape index (κ3) is 3.02. The highest BCUT2D eigenvalue weighted by atomic mass is 32.1. The Bertz CT molecular complexity index is 579. The van der Waals surface area contributed by atoms with Crippen molar-refractivity contribution < 1.29 is 9.53 Å². The second-order valence-electron chi connectivity index (χ2n) is 4.68. The summed E-state index contributed by atoms with van der Waals surface area (Å²) in [6.45, 7) is 1.26. The largest absolute Gasteiger partial charge is 0.381 e. The van der Waals surface area contributed by atoms with Crippen LogP contribution in [0.15, 0.2) is 29.9 Å². The molecule has 0 bridgehead atoms. The number of rotatable bonds is 3. The summed E-state index contributed by atoms with van der Waals surface area (Å²) in [6.07, 6.45) is 5.29. The minimum Gasteiger partial charge on any atom is -0.381 e. The van der Waals surface area contributed by atoms with Crippen LogP contribution in [-0.4, -0.2) is 29.1 Å². The van der Waals surface area contributed by atoms with E-state index in [9.17, 15) is 4.79 Å². The van der Waals surface area contributed by atoms with Crippen molar-refractivity contribution in [3.63, 3.8) is 0 Å². The van der Waals surface area contributed by atoms with Gasteiger partial charge in [-0.05, 0) is 25.0 Å². The van der Waals surface area contributed by atoms with Gasteiger partial charge in [-0.25, -0.2) is 4.98 Å². The normalized spacial score (nSPS) is 18.7. The second-order valence-corrected chi connectivity index (χ2v) is 5.54. The fourth-order valence-corrected chi connectivity index (χ4v) is 2.89. The van der Waals surface area contributed by atoms with E-state index in [2.05, 4.69) is 15.3 Å². The van der Waals surface area contributed by atoms with Gasteiger partial charge in [0.1, 0.15) is 10.8 Å². The average Bonchev–Trinajstić information content (AvgIpc) is 2.97. The highest BCUT2D eigenvalue weighted by Gasteiger charge is 2.22. The first-order valence-corrected chi connectivity index (χ1v) is 7.45. The predicted molar refractivity (Wildman–Crippen MR) is 77.5 cm³/mol. The van der Waals surface area contributed by atoms with Crippen LogP contribution in [0.2, 0.25) is 0 Å². The van der Waals surface area contributed by atoms with Gasteiger partial charge in [0.2, 0.25) is 5.91 Å². The molecule has 6 heteroatoms. The summed E-state index contributed by atoms with van der Waals surface area (Å²) in [4.78, 5) is 20.5. The molecule has 20 heavy (non-hydrogen) atoms. The molecule has 1 aliphatic rings. The zero-order valence-corrected chi connectivity index (χ0v) is 11.7. The number of carbonyl (C=O) groups is 1. The van der Waals surface area contributed by atoms with Gasteiger partial charge in [-0.15, -0.1) is 11.3 Å². The first kappa shape index (κ1) is 13.2. The van der Waals surface area contributed by atoms with E-state index in [1.807, 2.05) is 17.5 Å². The molecule has 0 aliphatic carbocycles. The van der Waals surface area contributed by atoms with Crippen molar-refractivity contribution >= 4 is 23.1 Å². The van der Waals surface area contributed by atoms with E-state index in [4.69, 9.17) is 4.74 Å². The van der Waals surface area contributed by atoms with Crippen LogP contribution in [0.1, 0.15) is 12.8 Å². The number of hydrogen-bond donors (Lipinski definition) is 1. The van der Waals surface area contributed by atoms with Crippen molar-refractivity contribution in [3.8, 4) is 10.6 Å². The Balaban J connectivity index is 1.66. The summed E-state index contributed by atoms with van der Waals surface area (Å²) >= 11 is 1.51. The molecule has 1 N–H and O–H groups in total. The Labute approximate surface area is 121 Å². The first-order valence-electron chi connectivity index (χ1n) is 6.57. The van der Waals surface area contributed by atoms with Crippen LogP contribution >= 0.6 is 11.3 Å². The van der Waals surface area contributed by atoms with Crippen molar-refractivity contribution in [1.29, 1.82) is 0 Å². The second kappa shape index (κ2) is 6.11. The van der Waals surface area contributed by atoms with Crippen LogP contribution < -0.4 is 5.32 Å². The minimum absolute atomic E-state index is 0.00345. The van der Waals surface area contributed by atoms with E-state index < -0.39 is 0 Å². The number of carbonyl (C=O) groups excluding carboxylic acids is 1. The van der Waals surface area contributed by atoms with Gasteiger partial charge in [0.25, 0.3) is 0 Å². The number of nitrogens with one attached hydrogen (secondary N) is 1. The van der Waals surface area contributed by atoms with Crippen molar-refractivity contribution in [2.24, 2.45) is 5.92 Å². The summed E-state index contributed by atoms with van der Waals surface area (Å²) < 4.78 is 5.33. The van der Waals surface area contributed by atoms with E-state index >= 15 is 0 Å². The van der Waals surface area contributed by atoms with Gasteiger partial charge in [-0.1, -0.05) is 0 Å². The number of ether oxygens (including phenoxy) is 1. The smallest absolute Gasteiger partial charge is 0.230 e. The molecule has 3 rings (SSSR count). The molecule has 5 nitrogen and oxygen atoms in total. The van der Waals surface area contributed by atoms with Gasteiger partial charge in [0.05, 0.1) is 12.5 Å². The van der Waals surface area contributed by atoms with Crippen molar-refractivity contribution in [3.05, 3.63) is 29.9 Å². The lowest BCUT2D eigenvalue weighted by atomic mass is 10.0. The van der Waals surface area contributed by atoms with Crippen LogP contribution in [0.3, 0.4) is 0 Å². The maximum Gasteiger partial charge on any atom is 0.230 e. The summed E-state index contributed by atoms with van der Waals surface area (Å²) in [6, 6.07) is 3.80. The molecule has 0 aromatic carbocycles. The van der Waals surface area contributed by atoms with Gasteiger partial charge in [0.15, 0.2) is 0 Å². The number of nitrogens with zero attached hydrogens (tertiary/aromatic N) is 2. The molecule has 0 spiro atoms. The Hall–Kier alpha value is -1.79. The quantitative estimate of drug-likeness (QED) is 0.943. The molecule has 1 fully saturated rings. The summed E-state index contributed by atoms with van der Waals surface area (Å²) in [5.41, 5.74) is 1.01.